The molecule has 0 aromatic heterocycles. The van der Waals surface area contributed by atoms with Gasteiger partial charge in [0.15, 0.2) is 0 Å². The third-order valence-corrected chi connectivity index (χ3v) is 4.43. The van der Waals surface area contributed by atoms with E-state index in [1.165, 1.54) is 37.9 Å². The van der Waals surface area contributed by atoms with Gasteiger partial charge in [-0.15, -0.1) is 0 Å². The number of rotatable bonds is 4. The van der Waals surface area contributed by atoms with Crippen LogP contribution in [0, 0.1) is 0 Å². The Balaban J connectivity index is 1.58. The summed E-state index contributed by atoms with van der Waals surface area (Å²) in [5.41, 5.74) is 2.70. The summed E-state index contributed by atoms with van der Waals surface area (Å²) in [7, 11) is 0. The summed E-state index contributed by atoms with van der Waals surface area (Å²) in [6.45, 7) is 3.37. The topological polar surface area (TPSA) is 32.3 Å². The number of carbonyl (C=O) groups is 1. The maximum Gasteiger partial charge on any atom is 0.255 e. The fraction of sp³-hybridized carbons (Fsp3) is 0.316. The number of benzene rings is 2. The van der Waals surface area contributed by atoms with Gasteiger partial charge in [0.25, 0.3) is 5.91 Å². The first-order valence-electron chi connectivity index (χ1n) is 8.09. The van der Waals surface area contributed by atoms with E-state index in [0.717, 1.165) is 12.2 Å². The average Bonchev–Trinajstić information content (AvgIpc) is 2.58. The Hall–Kier alpha value is -1.84. The van der Waals surface area contributed by atoms with E-state index in [1.807, 2.05) is 12.1 Å². The molecule has 1 aliphatic rings. The Kier molecular flexibility index (Phi) is 5.31. The molecule has 4 heteroatoms. The van der Waals surface area contributed by atoms with Crippen molar-refractivity contribution in [2.45, 2.75) is 25.8 Å². The lowest BCUT2D eigenvalue weighted by molar-refractivity contribution is 0.102. The number of carbonyl (C=O) groups excluding carboxylic acids is 1. The second kappa shape index (κ2) is 7.62. The highest BCUT2D eigenvalue weighted by Gasteiger charge is 2.10. The molecular formula is C19H21ClN2O. The maximum atomic E-state index is 12.2. The smallest absolute Gasteiger partial charge is 0.255 e. The first-order valence-corrected chi connectivity index (χ1v) is 8.47. The number of piperidine rings is 1. The largest absolute Gasteiger partial charge is 0.322 e. The molecular weight excluding hydrogens is 308 g/mol. The van der Waals surface area contributed by atoms with E-state index in [9.17, 15) is 4.79 Å². The summed E-state index contributed by atoms with van der Waals surface area (Å²) in [5.74, 6) is -0.120. The van der Waals surface area contributed by atoms with Crippen molar-refractivity contribution in [2.24, 2.45) is 0 Å². The van der Waals surface area contributed by atoms with Crippen LogP contribution in [0.1, 0.15) is 35.2 Å². The molecule has 3 rings (SSSR count). The SMILES string of the molecule is O=C(Nc1ccc(CN2CCCCC2)cc1)c1ccc(Cl)cc1. The van der Waals surface area contributed by atoms with Crippen molar-refractivity contribution in [1.29, 1.82) is 0 Å². The molecule has 0 atom stereocenters. The molecule has 120 valence electrons. The Labute approximate surface area is 142 Å². The standard InChI is InChI=1S/C19H21ClN2O/c20-17-8-6-16(7-9-17)19(23)21-18-10-4-15(5-11-18)14-22-12-2-1-3-13-22/h4-11H,1-3,12-14H2,(H,21,23). The highest BCUT2D eigenvalue weighted by atomic mass is 35.5. The molecule has 0 aliphatic carbocycles. The van der Waals surface area contributed by atoms with Gasteiger partial charge in [-0.3, -0.25) is 9.69 Å². The second-order valence-electron chi connectivity index (χ2n) is 5.99. The van der Waals surface area contributed by atoms with Crippen LogP contribution in [-0.4, -0.2) is 23.9 Å². The second-order valence-corrected chi connectivity index (χ2v) is 6.43. The number of nitrogens with zero attached hydrogens (tertiary/aromatic N) is 1. The summed E-state index contributed by atoms with van der Waals surface area (Å²) in [6.07, 6.45) is 3.95. The van der Waals surface area contributed by atoms with Crippen molar-refractivity contribution >= 4 is 23.2 Å². The molecule has 1 heterocycles. The third-order valence-electron chi connectivity index (χ3n) is 4.17. The predicted octanol–water partition coefficient (Wildman–Crippen LogP) is 4.58. The molecule has 1 fully saturated rings. The van der Waals surface area contributed by atoms with Gasteiger partial charge >= 0.3 is 0 Å². The molecule has 0 unspecified atom stereocenters. The number of halogens is 1. The minimum atomic E-state index is -0.120. The monoisotopic (exact) mass is 328 g/mol. The summed E-state index contributed by atoms with van der Waals surface area (Å²) in [5, 5.41) is 3.54. The summed E-state index contributed by atoms with van der Waals surface area (Å²) < 4.78 is 0. The highest BCUT2D eigenvalue weighted by Crippen LogP contribution is 2.16. The van der Waals surface area contributed by atoms with Crippen molar-refractivity contribution < 1.29 is 4.79 Å². The van der Waals surface area contributed by atoms with Crippen LogP contribution in [0.2, 0.25) is 5.02 Å². The van der Waals surface area contributed by atoms with Crippen molar-refractivity contribution in [2.75, 3.05) is 18.4 Å². The van der Waals surface area contributed by atoms with Crippen LogP contribution in [0.15, 0.2) is 48.5 Å². The van der Waals surface area contributed by atoms with Gasteiger partial charge in [-0.1, -0.05) is 30.2 Å². The van der Waals surface area contributed by atoms with Gasteiger partial charge in [0.05, 0.1) is 0 Å². The van der Waals surface area contributed by atoms with Crippen LogP contribution in [0.5, 0.6) is 0 Å². The first-order chi connectivity index (χ1) is 11.2. The zero-order chi connectivity index (χ0) is 16.1. The Morgan fingerprint density at radius 3 is 2.26 bits per heavy atom. The van der Waals surface area contributed by atoms with E-state index in [4.69, 9.17) is 11.6 Å². The van der Waals surface area contributed by atoms with Crippen LogP contribution in [0.4, 0.5) is 5.69 Å². The van der Waals surface area contributed by atoms with Gasteiger partial charge in [0, 0.05) is 22.8 Å². The summed E-state index contributed by atoms with van der Waals surface area (Å²) in [6, 6.07) is 15.0. The molecule has 2 aromatic carbocycles. The van der Waals surface area contributed by atoms with Crippen LogP contribution < -0.4 is 5.32 Å². The molecule has 0 saturated carbocycles. The number of hydrogen-bond donors (Lipinski definition) is 1. The number of amides is 1. The van der Waals surface area contributed by atoms with Crippen LogP contribution >= 0.6 is 11.6 Å². The van der Waals surface area contributed by atoms with Gasteiger partial charge < -0.3 is 5.32 Å². The van der Waals surface area contributed by atoms with Gasteiger partial charge in [0.1, 0.15) is 0 Å². The van der Waals surface area contributed by atoms with Crippen molar-refractivity contribution in [3.05, 3.63) is 64.7 Å². The van der Waals surface area contributed by atoms with Crippen LogP contribution in [0.25, 0.3) is 0 Å². The fourth-order valence-corrected chi connectivity index (χ4v) is 3.00. The first kappa shape index (κ1) is 16.0. The number of likely N-dealkylation sites (tertiary alicyclic amines) is 1. The number of anilines is 1. The Morgan fingerprint density at radius 2 is 1.61 bits per heavy atom. The van der Waals surface area contributed by atoms with Crippen LogP contribution in [-0.2, 0) is 6.54 Å². The quantitative estimate of drug-likeness (QED) is 0.891. The van der Waals surface area contributed by atoms with Gasteiger partial charge in [-0.05, 0) is 67.9 Å². The molecule has 1 aliphatic heterocycles. The minimum absolute atomic E-state index is 0.120. The Bertz CT molecular complexity index is 646. The normalized spacial score (nSPS) is 15.3. The molecule has 23 heavy (non-hydrogen) atoms. The summed E-state index contributed by atoms with van der Waals surface area (Å²) in [4.78, 5) is 14.7. The van der Waals surface area contributed by atoms with E-state index in [-0.39, 0.29) is 5.91 Å². The molecule has 1 saturated heterocycles. The van der Waals surface area contributed by atoms with Gasteiger partial charge in [0.2, 0.25) is 0 Å². The van der Waals surface area contributed by atoms with Crippen molar-refractivity contribution in [3.8, 4) is 0 Å². The van der Waals surface area contributed by atoms with E-state index in [2.05, 4.69) is 22.3 Å². The van der Waals surface area contributed by atoms with E-state index < -0.39 is 0 Å². The molecule has 1 amide bonds. The lowest BCUT2D eigenvalue weighted by Crippen LogP contribution is -2.29. The highest BCUT2D eigenvalue weighted by molar-refractivity contribution is 6.30. The minimum Gasteiger partial charge on any atom is -0.322 e. The maximum absolute atomic E-state index is 12.2. The van der Waals surface area contributed by atoms with E-state index in [0.29, 0.717) is 10.6 Å². The van der Waals surface area contributed by atoms with Crippen molar-refractivity contribution in [3.63, 3.8) is 0 Å². The third kappa shape index (κ3) is 4.57. The molecule has 0 spiro atoms. The van der Waals surface area contributed by atoms with E-state index >= 15 is 0 Å². The molecule has 1 N–H and O–H groups in total. The number of nitrogens with one attached hydrogen (secondary N) is 1. The Morgan fingerprint density at radius 1 is 0.957 bits per heavy atom. The predicted molar refractivity (Wildman–Crippen MR) is 95.0 cm³/mol. The fourth-order valence-electron chi connectivity index (χ4n) is 2.87. The van der Waals surface area contributed by atoms with Crippen molar-refractivity contribution in [1.82, 2.24) is 4.90 Å². The van der Waals surface area contributed by atoms with Gasteiger partial charge in [-0.2, -0.15) is 0 Å². The molecule has 0 bridgehead atoms. The zero-order valence-corrected chi connectivity index (χ0v) is 13.9. The molecule has 0 radical (unpaired) electrons. The van der Waals surface area contributed by atoms with E-state index in [1.54, 1.807) is 24.3 Å². The zero-order valence-electron chi connectivity index (χ0n) is 13.1. The lowest BCUT2D eigenvalue weighted by Gasteiger charge is -2.26. The lowest BCUT2D eigenvalue weighted by atomic mass is 10.1. The number of hydrogen-bond acceptors (Lipinski definition) is 2. The average molecular weight is 329 g/mol. The molecule has 3 nitrogen and oxygen atoms in total. The van der Waals surface area contributed by atoms with Gasteiger partial charge in [-0.25, -0.2) is 0 Å². The summed E-state index contributed by atoms with van der Waals surface area (Å²) >= 11 is 5.84. The molecule has 2 aromatic rings. The van der Waals surface area contributed by atoms with Crippen LogP contribution in [0.3, 0.4) is 0 Å².